The number of nitrogens with zero attached hydrogens (tertiary/aromatic N) is 1. The fraction of sp³-hybridized carbons (Fsp3) is 0.529. The SMILES string of the molecule is CCC1CN(C(=O)c2ccc3c(c2)CCC3)CCC1=O. The summed E-state index contributed by atoms with van der Waals surface area (Å²) in [5.41, 5.74) is 3.51. The fourth-order valence-electron chi connectivity index (χ4n) is 3.34. The monoisotopic (exact) mass is 271 g/mol. The summed E-state index contributed by atoms with van der Waals surface area (Å²) < 4.78 is 0. The molecule has 0 aromatic heterocycles. The van der Waals surface area contributed by atoms with Crippen LogP contribution in [0.4, 0.5) is 0 Å². The van der Waals surface area contributed by atoms with Crippen LogP contribution in [0.5, 0.6) is 0 Å². The number of aryl methyl sites for hydroxylation is 2. The van der Waals surface area contributed by atoms with Crippen molar-refractivity contribution in [2.75, 3.05) is 13.1 Å². The molecule has 1 fully saturated rings. The van der Waals surface area contributed by atoms with Gasteiger partial charge in [0.2, 0.25) is 0 Å². The van der Waals surface area contributed by atoms with Gasteiger partial charge in [0.05, 0.1) is 0 Å². The molecular formula is C17H21NO2. The molecule has 0 bridgehead atoms. The smallest absolute Gasteiger partial charge is 0.253 e. The highest BCUT2D eigenvalue weighted by Gasteiger charge is 2.29. The van der Waals surface area contributed by atoms with E-state index in [1.807, 2.05) is 17.9 Å². The van der Waals surface area contributed by atoms with Gasteiger partial charge in [-0.25, -0.2) is 0 Å². The van der Waals surface area contributed by atoms with Crippen LogP contribution in [-0.2, 0) is 17.6 Å². The molecule has 2 aliphatic rings. The number of carbonyl (C=O) groups excluding carboxylic acids is 2. The van der Waals surface area contributed by atoms with E-state index in [2.05, 4.69) is 12.1 Å². The van der Waals surface area contributed by atoms with Crippen molar-refractivity contribution in [1.29, 1.82) is 0 Å². The molecule has 1 aliphatic heterocycles. The first-order valence-electron chi connectivity index (χ1n) is 7.63. The Morgan fingerprint density at radius 2 is 2.05 bits per heavy atom. The summed E-state index contributed by atoms with van der Waals surface area (Å²) in [6.07, 6.45) is 4.76. The van der Waals surface area contributed by atoms with Crippen LogP contribution in [0, 0.1) is 5.92 Å². The molecule has 0 spiro atoms. The topological polar surface area (TPSA) is 37.4 Å². The molecule has 1 heterocycles. The number of hydrogen-bond donors (Lipinski definition) is 0. The number of Topliss-reactive ketones (excluding diaryl/α,β-unsaturated/α-hetero) is 1. The van der Waals surface area contributed by atoms with Crippen molar-refractivity contribution >= 4 is 11.7 Å². The number of ketones is 1. The summed E-state index contributed by atoms with van der Waals surface area (Å²) in [4.78, 5) is 26.2. The second kappa shape index (κ2) is 5.39. The lowest BCUT2D eigenvalue weighted by Crippen LogP contribution is -2.43. The zero-order valence-corrected chi connectivity index (χ0v) is 12.0. The number of fused-ring (bicyclic) bond motifs is 1. The molecule has 1 atom stereocenters. The largest absolute Gasteiger partial charge is 0.337 e. The minimum atomic E-state index is 0.0297. The molecule has 1 unspecified atom stereocenters. The van der Waals surface area contributed by atoms with Crippen molar-refractivity contribution in [3.8, 4) is 0 Å². The van der Waals surface area contributed by atoms with Crippen LogP contribution in [0.2, 0.25) is 0 Å². The van der Waals surface area contributed by atoms with E-state index in [1.165, 1.54) is 17.5 Å². The van der Waals surface area contributed by atoms with Gasteiger partial charge in [-0.1, -0.05) is 13.0 Å². The second-order valence-corrected chi connectivity index (χ2v) is 5.91. The van der Waals surface area contributed by atoms with E-state index in [4.69, 9.17) is 0 Å². The zero-order chi connectivity index (χ0) is 14.1. The molecule has 0 N–H and O–H groups in total. The first kappa shape index (κ1) is 13.3. The minimum absolute atomic E-state index is 0.0297. The summed E-state index contributed by atoms with van der Waals surface area (Å²) in [5.74, 6) is 0.429. The van der Waals surface area contributed by atoms with Gasteiger partial charge in [0.1, 0.15) is 5.78 Å². The van der Waals surface area contributed by atoms with Crippen LogP contribution in [0.3, 0.4) is 0 Å². The number of likely N-dealkylation sites (tertiary alicyclic amines) is 1. The highest BCUT2D eigenvalue weighted by atomic mass is 16.2. The van der Waals surface area contributed by atoms with Gasteiger partial charge in [0.15, 0.2) is 0 Å². The van der Waals surface area contributed by atoms with Crippen LogP contribution in [0.15, 0.2) is 18.2 Å². The Balaban J connectivity index is 1.77. The minimum Gasteiger partial charge on any atom is -0.337 e. The lowest BCUT2D eigenvalue weighted by molar-refractivity contribution is -0.125. The Hall–Kier alpha value is -1.64. The van der Waals surface area contributed by atoms with E-state index < -0.39 is 0 Å². The van der Waals surface area contributed by atoms with Gasteiger partial charge >= 0.3 is 0 Å². The maximum atomic E-state index is 12.6. The molecule has 3 nitrogen and oxygen atoms in total. The molecule has 20 heavy (non-hydrogen) atoms. The van der Waals surface area contributed by atoms with Gasteiger partial charge in [0, 0.05) is 31.0 Å². The number of rotatable bonds is 2. The molecule has 3 heteroatoms. The van der Waals surface area contributed by atoms with Crippen molar-refractivity contribution in [1.82, 2.24) is 4.90 Å². The summed E-state index contributed by atoms with van der Waals surface area (Å²) >= 11 is 0. The first-order chi connectivity index (χ1) is 9.69. The fourth-order valence-corrected chi connectivity index (χ4v) is 3.34. The second-order valence-electron chi connectivity index (χ2n) is 5.91. The van der Waals surface area contributed by atoms with Gasteiger partial charge in [-0.3, -0.25) is 9.59 Å². The Morgan fingerprint density at radius 1 is 1.25 bits per heavy atom. The van der Waals surface area contributed by atoms with E-state index in [9.17, 15) is 9.59 Å². The van der Waals surface area contributed by atoms with Gasteiger partial charge in [0.25, 0.3) is 5.91 Å². The van der Waals surface area contributed by atoms with Gasteiger partial charge < -0.3 is 4.90 Å². The summed E-state index contributed by atoms with van der Waals surface area (Å²) in [5, 5.41) is 0. The summed E-state index contributed by atoms with van der Waals surface area (Å²) in [6.45, 7) is 3.18. The Morgan fingerprint density at radius 3 is 2.85 bits per heavy atom. The molecule has 0 radical (unpaired) electrons. The first-order valence-corrected chi connectivity index (χ1v) is 7.63. The van der Waals surface area contributed by atoms with Crippen LogP contribution < -0.4 is 0 Å². The average Bonchev–Trinajstić information content (AvgIpc) is 2.94. The standard InChI is InChI=1S/C17H21NO2/c1-2-12-11-18(9-8-16(12)19)17(20)15-7-6-13-4-3-5-14(13)10-15/h6-7,10,12H,2-5,8-9,11H2,1H3. The molecule has 3 rings (SSSR count). The Bertz CT molecular complexity index is 550. The van der Waals surface area contributed by atoms with E-state index in [0.717, 1.165) is 24.8 Å². The predicted octanol–water partition coefficient (Wildman–Crippen LogP) is 2.62. The van der Waals surface area contributed by atoms with Gasteiger partial charge in [-0.15, -0.1) is 0 Å². The van der Waals surface area contributed by atoms with Crippen LogP contribution in [0.1, 0.15) is 47.7 Å². The van der Waals surface area contributed by atoms with Crippen LogP contribution in [0.25, 0.3) is 0 Å². The highest BCUT2D eigenvalue weighted by Crippen LogP contribution is 2.24. The lowest BCUT2D eigenvalue weighted by Gasteiger charge is -2.31. The van der Waals surface area contributed by atoms with E-state index in [0.29, 0.717) is 25.3 Å². The molecule has 1 aromatic rings. The molecular weight excluding hydrogens is 250 g/mol. The summed E-state index contributed by atoms with van der Waals surface area (Å²) in [7, 11) is 0. The molecule has 106 valence electrons. The molecule has 0 saturated carbocycles. The summed E-state index contributed by atoms with van der Waals surface area (Å²) in [6, 6.07) is 6.11. The number of piperidine rings is 1. The van der Waals surface area contributed by atoms with E-state index >= 15 is 0 Å². The number of hydrogen-bond acceptors (Lipinski definition) is 2. The van der Waals surface area contributed by atoms with Crippen molar-refractivity contribution in [3.05, 3.63) is 34.9 Å². The maximum Gasteiger partial charge on any atom is 0.253 e. The Kier molecular flexibility index (Phi) is 3.60. The van der Waals surface area contributed by atoms with Crippen molar-refractivity contribution < 1.29 is 9.59 Å². The molecule has 1 aromatic carbocycles. The maximum absolute atomic E-state index is 12.6. The van der Waals surface area contributed by atoms with Crippen LogP contribution in [-0.4, -0.2) is 29.7 Å². The third kappa shape index (κ3) is 2.37. The van der Waals surface area contributed by atoms with Crippen molar-refractivity contribution in [2.45, 2.75) is 39.0 Å². The number of carbonyl (C=O) groups is 2. The number of benzene rings is 1. The predicted molar refractivity (Wildman–Crippen MR) is 77.8 cm³/mol. The van der Waals surface area contributed by atoms with E-state index in [-0.39, 0.29) is 11.8 Å². The molecule has 1 aliphatic carbocycles. The van der Waals surface area contributed by atoms with Gasteiger partial charge in [-0.05, 0) is 48.9 Å². The Labute approximate surface area is 120 Å². The van der Waals surface area contributed by atoms with Crippen LogP contribution >= 0.6 is 0 Å². The average molecular weight is 271 g/mol. The quantitative estimate of drug-likeness (QED) is 0.829. The number of amides is 1. The third-order valence-corrected chi connectivity index (χ3v) is 4.65. The third-order valence-electron chi connectivity index (χ3n) is 4.65. The lowest BCUT2D eigenvalue weighted by atomic mass is 9.93. The van der Waals surface area contributed by atoms with Crippen molar-refractivity contribution in [2.24, 2.45) is 5.92 Å². The normalized spacial score (nSPS) is 21.9. The zero-order valence-electron chi connectivity index (χ0n) is 12.0. The molecule has 1 amide bonds. The molecule has 1 saturated heterocycles. The van der Waals surface area contributed by atoms with E-state index in [1.54, 1.807) is 0 Å². The van der Waals surface area contributed by atoms with Gasteiger partial charge in [-0.2, -0.15) is 0 Å². The highest BCUT2D eigenvalue weighted by molar-refractivity contribution is 5.96. The van der Waals surface area contributed by atoms with Crippen molar-refractivity contribution in [3.63, 3.8) is 0 Å².